The van der Waals surface area contributed by atoms with Crippen molar-refractivity contribution in [3.63, 3.8) is 0 Å². The van der Waals surface area contributed by atoms with Crippen LogP contribution in [0.3, 0.4) is 0 Å². The van der Waals surface area contributed by atoms with Gasteiger partial charge in [0.2, 0.25) is 17.7 Å². The molecule has 7 heteroatoms. The number of fused-ring (bicyclic) bond motifs is 1. The molecule has 5 nitrogen and oxygen atoms in total. The number of carbonyl (C=O) groups is 3. The fraction of sp³-hybridized carbons (Fsp3) is 0.389. The van der Waals surface area contributed by atoms with Gasteiger partial charge in [-0.25, -0.2) is 4.39 Å². The van der Waals surface area contributed by atoms with Crippen LogP contribution in [0.25, 0.3) is 0 Å². The number of likely N-dealkylation sites (tertiary alicyclic amines) is 1. The van der Waals surface area contributed by atoms with E-state index in [2.05, 4.69) is 5.32 Å². The number of hydrogen-bond acceptors (Lipinski definition) is 3. The summed E-state index contributed by atoms with van der Waals surface area (Å²) in [6, 6.07) is 3.93. The zero-order valence-corrected chi connectivity index (χ0v) is 14.3. The van der Waals surface area contributed by atoms with Gasteiger partial charge >= 0.3 is 0 Å². The van der Waals surface area contributed by atoms with Crippen LogP contribution < -0.4 is 5.32 Å². The second kappa shape index (κ2) is 7.35. The first-order valence-corrected chi connectivity index (χ1v) is 8.60. The number of imide groups is 1. The van der Waals surface area contributed by atoms with E-state index in [4.69, 9.17) is 11.6 Å². The summed E-state index contributed by atoms with van der Waals surface area (Å²) in [6.45, 7) is 0.238. The fourth-order valence-corrected chi connectivity index (χ4v) is 3.47. The summed E-state index contributed by atoms with van der Waals surface area (Å²) < 4.78 is 13.1. The van der Waals surface area contributed by atoms with Gasteiger partial charge in [-0.3, -0.25) is 19.3 Å². The number of allylic oxidation sites excluding steroid dienone is 2. The highest BCUT2D eigenvalue weighted by atomic mass is 35.5. The van der Waals surface area contributed by atoms with E-state index >= 15 is 0 Å². The molecular formula is C18H18ClFN2O3. The third-order valence-electron chi connectivity index (χ3n) is 4.59. The maximum absolute atomic E-state index is 13.1. The maximum atomic E-state index is 13.1. The van der Waals surface area contributed by atoms with Gasteiger partial charge in [-0.15, -0.1) is 0 Å². The van der Waals surface area contributed by atoms with Crippen LogP contribution in [0.4, 0.5) is 10.1 Å². The number of rotatable bonds is 5. The van der Waals surface area contributed by atoms with Crippen LogP contribution in [0.15, 0.2) is 30.4 Å². The Morgan fingerprint density at radius 2 is 1.84 bits per heavy atom. The Hall–Kier alpha value is -2.21. The molecule has 25 heavy (non-hydrogen) atoms. The Morgan fingerprint density at radius 3 is 2.44 bits per heavy atom. The first-order valence-electron chi connectivity index (χ1n) is 8.22. The lowest BCUT2D eigenvalue weighted by molar-refractivity contribution is -0.140. The minimum Gasteiger partial charge on any atom is -0.326 e. The largest absolute Gasteiger partial charge is 0.326 e. The molecule has 1 heterocycles. The Labute approximate surface area is 149 Å². The minimum atomic E-state index is -0.554. The molecule has 0 saturated carbocycles. The predicted molar refractivity (Wildman–Crippen MR) is 91.3 cm³/mol. The van der Waals surface area contributed by atoms with Gasteiger partial charge in [-0.1, -0.05) is 23.8 Å². The molecule has 0 radical (unpaired) electrons. The molecule has 2 atom stereocenters. The molecule has 1 saturated heterocycles. The zero-order valence-electron chi connectivity index (χ0n) is 13.5. The molecule has 0 bridgehead atoms. The minimum absolute atomic E-state index is 0.0673. The normalized spacial score (nSPS) is 22.2. The molecule has 1 fully saturated rings. The quantitative estimate of drug-likeness (QED) is 0.644. The van der Waals surface area contributed by atoms with Crippen LogP contribution in [0.1, 0.15) is 25.7 Å². The third-order valence-corrected chi connectivity index (χ3v) is 4.88. The smallest absolute Gasteiger partial charge is 0.233 e. The molecule has 1 aromatic rings. The second-order valence-electron chi connectivity index (χ2n) is 6.26. The van der Waals surface area contributed by atoms with Crippen molar-refractivity contribution in [2.75, 3.05) is 11.9 Å². The van der Waals surface area contributed by atoms with Crippen molar-refractivity contribution in [3.05, 3.63) is 41.2 Å². The van der Waals surface area contributed by atoms with Crippen LogP contribution in [-0.2, 0) is 14.4 Å². The summed E-state index contributed by atoms with van der Waals surface area (Å²) in [7, 11) is 0. The SMILES string of the molecule is O=C(CCCN1C(=O)[C@H]2CC=CC[C@H]2C1=O)Nc1ccc(F)c(Cl)c1. The Morgan fingerprint density at radius 1 is 1.20 bits per heavy atom. The van der Waals surface area contributed by atoms with E-state index < -0.39 is 5.82 Å². The lowest BCUT2D eigenvalue weighted by Gasteiger charge is -2.14. The fourth-order valence-electron chi connectivity index (χ4n) is 3.28. The summed E-state index contributed by atoms with van der Waals surface area (Å²) in [5.74, 6) is -1.59. The van der Waals surface area contributed by atoms with E-state index in [-0.39, 0.29) is 47.5 Å². The number of carbonyl (C=O) groups excluding carboxylic acids is 3. The number of hydrogen-bond donors (Lipinski definition) is 1. The van der Waals surface area contributed by atoms with E-state index in [1.54, 1.807) is 0 Å². The highest BCUT2D eigenvalue weighted by molar-refractivity contribution is 6.31. The van der Waals surface area contributed by atoms with E-state index in [1.807, 2.05) is 12.2 Å². The first-order chi connectivity index (χ1) is 12.0. The average molecular weight is 365 g/mol. The molecule has 1 aromatic carbocycles. The number of anilines is 1. The van der Waals surface area contributed by atoms with Gasteiger partial charge in [0.1, 0.15) is 5.82 Å². The molecule has 1 N–H and O–H groups in total. The highest BCUT2D eigenvalue weighted by Crippen LogP contribution is 2.35. The van der Waals surface area contributed by atoms with Crippen molar-refractivity contribution in [1.82, 2.24) is 4.90 Å². The van der Waals surface area contributed by atoms with Gasteiger partial charge < -0.3 is 5.32 Å². The first kappa shape index (κ1) is 17.6. The summed E-state index contributed by atoms with van der Waals surface area (Å²) >= 11 is 5.67. The van der Waals surface area contributed by atoms with Gasteiger partial charge in [-0.2, -0.15) is 0 Å². The molecule has 0 aromatic heterocycles. The number of amides is 3. The van der Waals surface area contributed by atoms with Crippen molar-refractivity contribution in [2.24, 2.45) is 11.8 Å². The zero-order chi connectivity index (χ0) is 18.0. The number of benzene rings is 1. The maximum Gasteiger partial charge on any atom is 0.233 e. The van der Waals surface area contributed by atoms with Gasteiger partial charge in [0.15, 0.2) is 0 Å². The average Bonchev–Trinajstić information content (AvgIpc) is 2.83. The molecule has 1 aliphatic carbocycles. The van der Waals surface area contributed by atoms with E-state index in [0.717, 1.165) is 0 Å². The van der Waals surface area contributed by atoms with Gasteiger partial charge in [0.25, 0.3) is 0 Å². The summed E-state index contributed by atoms with van der Waals surface area (Å²) in [5.41, 5.74) is 0.404. The summed E-state index contributed by atoms with van der Waals surface area (Å²) in [4.78, 5) is 37.8. The van der Waals surface area contributed by atoms with Crippen LogP contribution in [0.2, 0.25) is 5.02 Å². The molecule has 1 aliphatic heterocycles. The molecular weight excluding hydrogens is 347 g/mol. The van der Waals surface area contributed by atoms with Crippen molar-refractivity contribution in [2.45, 2.75) is 25.7 Å². The Kier molecular flexibility index (Phi) is 5.18. The monoisotopic (exact) mass is 364 g/mol. The van der Waals surface area contributed by atoms with Crippen molar-refractivity contribution in [1.29, 1.82) is 0 Å². The van der Waals surface area contributed by atoms with Gasteiger partial charge in [0, 0.05) is 18.7 Å². The standard InChI is InChI=1S/C18H18ClFN2O3/c19-14-10-11(7-8-15(14)20)21-16(23)6-3-9-22-17(24)12-4-1-2-5-13(12)18(22)25/h1-2,7-8,10,12-13H,3-6,9H2,(H,21,23)/t12-,13+. The molecule has 0 spiro atoms. The Balaban J connectivity index is 1.49. The van der Waals surface area contributed by atoms with Crippen molar-refractivity contribution < 1.29 is 18.8 Å². The van der Waals surface area contributed by atoms with Crippen molar-refractivity contribution >= 4 is 35.0 Å². The van der Waals surface area contributed by atoms with Crippen LogP contribution in [-0.4, -0.2) is 29.2 Å². The van der Waals surface area contributed by atoms with E-state index in [1.165, 1.54) is 23.1 Å². The summed E-state index contributed by atoms with van der Waals surface area (Å²) in [6.07, 6.45) is 5.63. The Bertz CT molecular complexity index is 724. The number of halogens is 2. The van der Waals surface area contributed by atoms with E-state index in [9.17, 15) is 18.8 Å². The third kappa shape index (κ3) is 3.74. The van der Waals surface area contributed by atoms with Gasteiger partial charge in [-0.05, 0) is 37.5 Å². The van der Waals surface area contributed by atoms with E-state index in [0.29, 0.717) is 24.9 Å². The molecule has 2 aliphatic rings. The van der Waals surface area contributed by atoms with Crippen LogP contribution >= 0.6 is 11.6 Å². The lowest BCUT2D eigenvalue weighted by atomic mass is 9.85. The van der Waals surface area contributed by atoms with Crippen molar-refractivity contribution in [3.8, 4) is 0 Å². The summed E-state index contributed by atoms with van der Waals surface area (Å²) in [5, 5.41) is 2.55. The highest BCUT2D eigenvalue weighted by Gasteiger charge is 2.46. The second-order valence-corrected chi connectivity index (χ2v) is 6.67. The predicted octanol–water partition coefficient (Wildman–Crippen LogP) is 3.15. The molecule has 0 unspecified atom stereocenters. The molecule has 3 amide bonds. The molecule has 132 valence electrons. The number of nitrogens with zero attached hydrogens (tertiary/aromatic N) is 1. The lowest BCUT2D eigenvalue weighted by Crippen LogP contribution is -2.32. The van der Waals surface area contributed by atoms with Gasteiger partial charge in [0.05, 0.1) is 16.9 Å². The molecule has 3 rings (SSSR count). The number of nitrogens with one attached hydrogen (secondary N) is 1. The topological polar surface area (TPSA) is 66.5 Å². The van der Waals surface area contributed by atoms with Crippen LogP contribution in [0.5, 0.6) is 0 Å². The van der Waals surface area contributed by atoms with Crippen LogP contribution in [0, 0.1) is 17.7 Å².